The smallest absolute Gasteiger partial charge is 0.273 e. The summed E-state index contributed by atoms with van der Waals surface area (Å²) in [6.07, 6.45) is 8.36. The molecule has 2 fully saturated rings. The molecule has 0 aliphatic heterocycles. The van der Waals surface area contributed by atoms with Crippen molar-refractivity contribution in [1.29, 1.82) is 0 Å². The first-order valence-corrected chi connectivity index (χ1v) is 15.4. The molecule has 1 amide bonds. The number of halogens is 1. The molecule has 9 heteroatoms. The molecule has 2 aromatic carbocycles. The van der Waals surface area contributed by atoms with E-state index < -0.39 is 5.95 Å². The van der Waals surface area contributed by atoms with E-state index in [1.54, 1.807) is 18.8 Å². The molecule has 1 N–H and O–H groups in total. The van der Waals surface area contributed by atoms with E-state index in [0.717, 1.165) is 60.2 Å². The van der Waals surface area contributed by atoms with Gasteiger partial charge >= 0.3 is 0 Å². The van der Waals surface area contributed by atoms with Crippen molar-refractivity contribution in [3.63, 3.8) is 0 Å². The van der Waals surface area contributed by atoms with Crippen LogP contribution in [0.25, 0.3) is 21.3 Å². The van der Waals surface area contributed by atoms with Gasteiger partial charge in [0.25, 0.3) is 5.19 Å². The lowest BCUT2D eigenvalue weighted by atomic mass is 9.78. The molecule has 0 saturated heterocycles. The van der Waals surface area contributed by atoms with Gasteiger partial charge in [0.15, 0.2) is 0 Å². The second kappa shape index (κ2) is 11.9. The summed E-state index contributed by atoms with van der Waals surface area (Å²) in [4.78, 5) is 21.3. The molecule has 0 atom stereocenters. The number of methoxy groups -OCH3 is 1. The van der Waals surface area contributed by atoms with E-state index in [9.17, 15) is 14.3 Å². The van der Waals surface area contributed by atoms with E-state index in [1.807, 2.05) is 41.4 Å². The average molecular weight is 577 g/mol. The van der Waals surface area contributed by atoms with E-state index in [4.69, 9.17) is 4.74 Å². The van der Waals surface area contributed by atoms with Crippen LogP contribution in [0, 0.1) is 17.8 Å². The third-order valence-corrected chi connectivity index (χ3v) is 10.0. The number of anilines is 1. The van der Waals surface area contributed by atoms with Gasteiger partial charge in [-0.25, -0.2) is 4.98 Å². The highest BCUT2D eigenvalue weighted by molar-refractivity contribution is 7.16. The number of carbonyl (C=O) groups is 1. The molecule has 0 spiro atoms. The molecule has 0 radical (unpaired) electrons. The van der Waals surface area contributed by atoms with Crippen LogP contribution in [0.1, 0.15) is 62.8 Å². The summed E-state index contributed by atoms with van der Waals surface area (Å²) in [5.41, 5.74) is 3.90. The normalized spacial score (nSPS) is 23.0. The van der Waals surface area contributed by atoms with Gasteiger partial charge in [0.1, 0.15) is 0 Å². The van der Waals surface area contributed by atoms with Crippen LogP contribution in [0.15, 0.2) is 48.7 Å². The van der Waals surface area contributed by atoms with E-state index in [1.165, 1.54) is 16.9 Å². The van der Waals surface area contributed by atoms with Gasteiger partial charge in [0.05, 0.1) is 29.0 Å². The highest BCUT2D eigenvalue weighted by Gasteiger charge is 2.32. The molecule has 0 bridgehead atoms. The fourth-order valence-electron chi connectivity index (χ4n) is 6.61. The number of nitrogens with zero attached hydrogens (tertiary/aromatic N) is 4. The van der Waals surface area contributed by atoms with Crippen molar-refractivity contribution in [1.82, 2.24) is 14.8 Å². The summed E-state index contributed by atoms with van der Waals surface area (Å²) >= 11 is 1.49. The Bertz CT molecular complexity index is 1520. The highest BCUT2D eigenvalue weighted by atomic mass is 32.1. The molecule has 7 nitrogen and oxygen atoms in total. The average Bonchev–Trinajstić information content (AvgIpc) is 3.60. The molecule has 41 heavy (non-hydrogen) atoms. The van der Waals surface area contributed by atoms with Crippen molar-refractivity contribution in [3.8, 4) is 15.6 Å². The van der Waals surface area contributed by atoms with E-state index >= 15 is 0 Å². The Kier molecular flexibility index (Phi) is 8.08. The molecule has 4 aromatic rings. The predicted molar refractivity (Wildman–Crippen MR) is 160 cm³/mol. The summed E-state index contributed by atoms with van der Waals surface area (Å²) in [6, 6.07) is 14.2. The van der Waals surface area contributed by atoms with Crippen LogP contribution >= 0.6 is 11.3 Å². The van der Waals surface area contributed by atoms with Crippen molar-refractivity contribution in [2.24, 2.45) is 18.9 Å². The lowest BCUT2D eigenvalue weighted by Gasteiger charge is -2.36. The Labute approximate surface area is 244 Å². The molecule has 2 aliphatic rings. The summed E-state index contributed by atoms with van der Waals surface area (Å²) in [5, 5.41) is 15.2. The van der Waals surface area contributed by atoms with E-state index in [-0.39, 0.29) is 17.9 Å². The predicted octanol–water partition coefficient (Wildman–Crippen LogP) is 6.70. The molecule has 2 aromatic heterocycles. The number of aliphatic hydroxyl groups is 1. The number of thiazole rings is 1. The van der Waals surface area contributed by atoms with Crippen LogP contribution in [-0.2, 0) is 11.8 Å². The first-order valence-electron chi connectivity index (χ1n) is 14.6. The van der Waals surface area contributed by atoms with Crippen LogP contribution < -0.4 is 9.64 Å². The minimum atomic E-state index is -0.415. The topological polar surface area (TPSA) is 80.5 Å². The molecule has 0 unspecified atom stereocenters. The van der Waals surface area contributed by atoms with Gasteiger partial charge in [0, 0.05) is 31.4 Å². The second-order valence-corrected chi connectivity index (χ2v) is 12.6. The second-order valence-electron chi connectivity index (χ2n) is 11.6. The van der Waals surface area contributed by atoms with Crippen molar-refractivity contribution in [2.45, 2.75) is 63.4 Å². The summed E-state index contributed by atoms with van der Waals surface area (Å²) in [7, 11) is 3.38. The molecular weight excluding hydrogens is 539 g/mol. The number of hydrogen-bond donors (Lipinski definition) is 1. The Balaban J connectivity index is 1.20. The van der Waals surface area contributed by atoms with Crippen molar-refractivity contribution >= 4 is 33.8 Å². The van der Waals surface area contributed by atoms with Crippen LogP contribution in [0.2, 0.25) is 0 Å². The summed E-state index contributed by atoms with van der Waals surface area (Å²) < 4.78 is 21.2. The largest absolute Gasteiger partial charge is 0.473 e. The maximum Gasteiger partial charge on any atom is 0.273 e. The minimum Gasteiger partial charge on any atom is -0.473 e. The number of aryl methyl sites for hydroxylation is 1. The van der Waals surface area contributed by atoms with Crippen molar-refractivity contribution < 1.29 is 19.0 Å². The standard InChI is InChI=1S/C32H37FN4O3S/c1-36-28-15-12-23(17-27(28)30(33)35-36)21-8-6-20(7-9-21)19-37(31(39)22-10-13-26(38)14-11-22)25-5-3-4-24(16-25)29-18-34-32(40-2)41-29/h3-5,12,15-18,20-22,26,38H,6-11,13-14,19H2,1-2H3. The number of ether oxygens (including phenoxy) is 1. The minimum absolute atomic E-state index is 0.0667. The van der Waals surface area contributed by atoms with Gasteiger partial charge in [-0.1, -0.05) is 29.5 Å². The number of carbonyl (C=O) groups excluding carboxylic acids is 1. The third kappa shape index (κ3) is 5.88. The molecular formula is C32H37FN4O3S. The van der Waals surface area contributed by atoms with Gasteiger partial charge in [0.2, 0.25) is 11.9 Å². The quantitative estimate of drug-likeness (QED) is 0.265. The Morgan fingerprint density at radius 3 is 2.61 bits per heavy atom. The molecule has 216 valence electrons. The number of hydrogen-bond acceptors (Lipinski definition) is 6. The SMILES string of the molecule is COc1ncc(-c2cccc(N(CC3CCC(c4ccc5c(c4)c(F)nn5C)CC3)C(=O)C3CCC(O)CC3)c2)s1. The van der Waals surface area contributed by atoms with Crippen molar-refractivity contribution in [2.75, 3.05) is 18.6 Å². The zero-order valence-electron chi connectivity index (χ0n) is 23.6. The number of aliphatic hydroxyl groups excluding tert-OH is 1. The Hall–Kier alpha value is -3.30. The maximum absolute atomic E-state index is 14.3. The molecule has 2 aliphatic carbocycles. The number of fused-ring (bicyclic) bond motifs is 1. The van der Waals surface area contributed by atoms with Crippen LogP contribution in [0.4, 0.5) is 10.1 Å². The zero-order valence-corrected chi connectivity index (χ0v) is 24.4. The van der Waals surface area contributed by atoms with Crippen LogP contribution in [0.5, 0.6) is 5.19 Å². The number of benzene rings is 2. The Morgan fingerprint density at radius 2 is 1.88 bits per heavy atom. The number of aromatic nitrogens is 3. The summed E-state index contributed by atoms with van der Waals surface area (Å²) in [6.45, 7) is 0.677. The van der Waals surface area contributed by atoms with Crippen LogP contribution in [-0.4, -0.2) is 45.5 Å². The fourth-order valence-corrected chi connectivity index (χ4v) is 7.34. The highest BCUT2D eigenvalue weighted by Crippen LogP contribution is 2.39. The van der Waals surface area contributed by atoms with E-state index in [0.29, 0.717) is 41.8 Å². The van der Waals surface area contributed by atoms with Gasteiger partial charge < -0.3 is 14.7 Å². The third-order valence-electron chi connectivity index (χ3n) is 9.00. The molecule has 6 rings (SSSR count). The van der Waals surface area contributed by atoms with Crippen LogP contribution in [0.3, 0.4) is 0 Å². The number of amides is 1. The number of rotatable bonds is 7. The lowest BCUT2D eigenvalue weighted by molar-refractivity contribution is -0.124. The maximum atomic E-state index is 14.3. The van der Waals surface area contributed by atoms with E-state index in [2.05, 4.69) is 22.2 Å². The monoisotopic (exact) mass is 576 g/mol. The fraction of sp³-hybridized carbons (Fsp3) is 0.469. The molecule has 2 saturated carbocycles. The van der Waals surface area contributed by atoms with Gasteiger partial charge in [-0.2, -0.15) is 4.39 Å². The van der Waals surface area contributed by atoms with Gasteiger partial charge in [-0.05, 0) is 98.6 Å². The first-order chi connectivity index (χ1) is 19.9. The summed E-state index contributed by atoms with van der Waals surface area (Å²) in [5.74, 6) is 0.444. The zero-order chi connectivity index (χ0) is 28.5. The van der Waals surface area contributed by atoms with Gasteiger partial charge in [-0.15, -0.1) is 5.10 Å². The Morgan fingerprint density at radius 1 is 1.10 bits per heavy atom. The van der Waals surface area contributed by atoms with Crippen molar-refractivity contribution in [3.05, 3.63) is 60.2 Å². The van der Waals surface area contributed by atoms with Gasteiger partial charge in [-0.3, -0.25) is 9.48 Å². The molecule has 2 heterocycles. The lowest BCUT2D eigenvalue weighted by Crippen LogP contribution is -2.41. The first kappa shape index (κ1) is 27.8.